The number of hydrogen-bond donors (Lipinski definition) is 3. The average molecular weight is 169 g/mol. The van der Waals surface area contributed by atoms with Crippen molar-refractivity contribution < 1.29 is 10.2 Å². The molecule has 0 atom stereocenters. The van der Waals surface area contributed by atoms with Crippen molar-refractivity contribution in [3.05, 3.63) is 36.3 Å². The highest BCUT2D eigenvalue weighted by atomic mass is 16.2. The van der Waals surface area contributed by atoms with E-state index in [1.54, 1.807) is 12.2 Å². The molecule has 0 aromatic heterocycles. The second-order valence-electron chi connectivity index (χ2n) is 2.28. The van der Waals surface area contributed by atoms with Crippen LogP contribution < -0.4 is 5.73 Å². The number of aliphatic hydroxyl groups excluding tert-OH is 2. The molecule has 0 spiro atoms. The molecule has 0 unspecified atom stereocenters. The Balaban J connectivity index is 3.95. The van der Waals surface area contributed by atoms with Gasteiger partial charge in [0.1, 0.15) is 0 Å². The van der Waals surface area contributed by atoms with Gasteiger partial charge in [-0.1, -0.05) is 11.6 Å². The van der Waals surface area contributed by atoms with E-state index in [2.05, 4.69) is 0 Å². The first-order valence-corrected chi connectivity index (χ1v) is 3.81. The third kappa shape index (κ3) is 5.56. The molecule has 68 valence electrons. The molecule has 0 aliphatic carbocycles. The summed E-state index contributed by atoms with van der Waals surface area (Å²) in [6.07, 6.45) is 8.48. The van der Waals surface area contributed by atoms with Gasteiger partial charge in [-0.3, -0.25) is 0 Å². The first-order valence-electron chi connectivity index (χ1n) is 3.81. The lowest BCUT2D eigenvalue weighted by Gasteiger charge is -1.98. The largest absolute Gasteiger partial charge is 0.516 e. The molecule has 0 saturated heterocycles. The Morgan fingerprint density at radius 1 is 1.08 bits per heavy atom. The SMILES string of the molecule is NCC=C(CC=CO)CC=CO. The molecule has 0 fully saturated rings. The second kappa shape index (κ2) is 7.88. The number of aliphatic hydroxyl groups is 2. The monoisotopic (exact) mass is 169 g/mol. The van der Waals surface area contributed by atoms with Crippen LogP contribution >= 0.6 is 0 Å². The highest BCUT2D eigenvalue weighted by Gasteiger charge is 1.90. The fourth-order valence-corrected chi connectivity index (χ4v) is 0.825. The molecule has 0 aromatic rings. The molecule has 12 heavy (non-hydrogen) atoms. The predicted octanol–water partition coefficient (Wildman–Crippen LogP) is 1.80. The zero-order valence-electron chi connectivity index (χ0n) is 6.98. The van der Waals surface area contributed by atoms with E-state index in [0.29, 0.717) is 19.4 Å². The van der Waals surface area contributed by atoms with E-state index in [1.807, 2.05) is 6.08 Å². The standard InChI is InChI=1S/C9H15NO2/c10-6-5-9(3-1-7-11)4-2-8-12/h1-2,5,7-8,11-12H,3-4,6,10H2. The number of rotatable bonds is 5. The van der Waals surface area contributed by atoms with Crippen LogP contribution in [0.3, 0.4) is 0 Å². The summed E-state index contributed by atoms with van der Waals surface area (Å²) in [5.74, 6) is 0. The van der Waals surface area contributed by atoms with E-state index in [-0.39, 0.29) is 0 Å². The molecular weight excluding hydrogens is 154 g/mol. The molecule has 0 aliphatic rings. The molecule has 0 rings (SSSR count). The Bertz CT molecular complexity index is 167. The molecule has 3 nitrogen and oxygen atoms in total. The Kier molecular flexibility index (Phi) is 7.08. The minimum absolute atomic E-state index is 0.480. The van der Waals surface area contributed by atoms with E-state index in [4.69, 9.17) is 15.9 Å². The lowest BCUT2D eigenvalue weighted by Crippen LogP contribution is -1.95. The smallest absolute Gasteiger partial charge is 0.0755 e. The molecule has 0 bridgehead atoms. The van der Waals surface area contributed by atoms with Crippen molar-refractivity contribution in [2.45, 2.75) is 12.8 Å². The van der Waals surface area contributed by atoms with E-state index in [0.717, 1.165) is 18.1 Å². The minimum Gasteiger partial charge on any atom is -0.516 e. The predicted molar refractivity (Wildman–Crippen MR) is 49.9 cm³/mol. The quantitative estimate of drug-likeness (QED) is 0.434. The first kappa shape index (κ1) is 10.8. The summed E-state index contributed by atoms with van der Waals surface area (Å²) < 4.78 is 0. The highest BCUT2D eigenvalue weighted by Crippen LogP contribution is 2.07. The Morgan fingerprint density at radius 2 is 1.58 bits per heavy atom. The van der Waals surface area contributed by atoms with Gasteiger partial charge in [-0.2, -0.15) is 0 Å². The van der Waals surface area contributed by atoms with Crippen molar-refractivity contribution >= 4 is 0 Å². The molecule has 0 amide bonds. The summed E-state index contributed by atoms with van der Waals surface area (Å²) in [6, 6.07) is 0. The molecule has 3 heteroatoms. The third-order valence-corrected chi connectivity index (χ3v) is 1.38. The Morgan fingerprint density at radius 3 is 1.92 bits per heavy atom. The van der Waals surface area contributed by atoms with Gasteiger partial charge in [0, 0.05) is 6.54 Å². The van der Waals surface area contributed by atoms with E-state index < -0.39 is 0 Å². The lowest BCUT2D eigenvalue weighted by molar-refractivity contribution is 0.470. The molecule has 0 heterocycles. The normalized spacial score (nSPS) is 11.1. The van der Waals surface area contributed by atoms with Gasteiger partial charge < -0.3 is 15.9 Å². The van der Waals surface area contributed by atoms with Crippen LogP contribution in [0.4, 0.5) is 0 Å². The number of allylic oxidation sites excluding steroid dienone is 3. The van der Waals surface area contributed by atoms with Crippen LogP contribution in [0.2, 0.25) is 0 Å². The van der Waals surface area contributed by atoms with Crippen molar-refractivity contribution in [2.24, 2.45) is 5.73 Å². The summed E-state index contributed by atoms with van der Waals surface area (Å²) in [5, 5.41) is 16.8. The van der Waals surface area contributed by atoms with Gasteiger partial charge in [0.2, 0.25) is 0 Å². The van der Waals surface area contributed by atoms with Crippen LogP contribution in [-0.4, -0.2) is 16.8 Å². The molecule has 0 aliphatic heterocycles. The molecular formula is C9H15NO2. The molecule has 0 radical (unpaired) electrons. The highest BCUT2D eigenvalue weighted by molar-refractivity contribution is 5.11. The van der Waals surface area contributed by atoms with Gasteiger partial charge in [-0.25, -0.2) is 0 Å². The van der Waals surface area contributed by atoms with Crippen molar-refractivity contribution in [3.63, 3.8) is 0 Å². The Labute approximate surface area is 72.5 Å². The molecule has 0 aromatic carbocycles. The van der Waals surface area contributed by atoms with Crippen molar-refractivity contribution in [2.75, 3.05) is 6.54 Å². The first-order chi connectivity index (χ1) is 5.85. The fourth-order valence-electron chi connectivity index (χ4n) is 0.825. The van der Waals surface area contributed by atoms with Crippen molar-refractivity contribution in [1.29, 1.82) is 0 Å². The summed E-state index contributed by atoms with van der Waals surface area (Å²) in [5.41, 5.74) is 6.40. The zero-order valence-corrected chi connectivity index (χ0v) is 6.98. The van der Waals surface area contributed by atoms with Gasteiger partial charge in [0.05, 0.1) is 12.5 Å². The topological polar surface area (TPSA) is 66.5 Å². The van der Waals surface area contributed by atoms with Gasteiger partial charge >= 0.3 is 0 Å². The van der Waals surface area contributed by atoms with E-state index >= 15 is 0 Å². The lowest BCUT2D eigenvalue weighted by atomic mass is 10.1. The van der Waals surface area contributed by atoms with Crippen LogP contribution in [0.25, 0.3) is 0 Å². The van der Waals surface area contributed by atoms with Gasteiger partial charge in [-0.15, -0.1) is 0 Å². The summed E-state index contributed by atoms with van der Waals surface area (Å²) in [4.78, 5) is 0. The van der Waals surface area contributed by atoms with Gasteiger partial charge in [-0.05, 0) is 25.0 Å². The van der Waals surface area contributed by atoms with Crippen molar-refractivity contribution in [3.8, 4) is 0 Å². The molecule has 4 N–H and O–H groups in total. The third-order valence-electron chi connectivity index (χ3n) is 1.38. The maximum atomic E-state index is 8.40. The summed E-state index contributed by atoms with van der Waals surface area (Å²) >= 11 is 0. The van der Waals surface area contributed by atoms with E-state index in [1.165, 1.54) is 0 Å². The van der Waals surface area contributed by atoms with Crippen LogP contribution in [-0.2, 0) is 0 Å². The fraction of sp³-hybridized carbons (Fsp3) is 0.333. The average Bonchev–Trinajstić information content (AvgIpc) is 2.10. The van der Waals surface area contributed by atoms with Gasteiger partial charge in [0.15, 0.2) is 0 Å². The Hall–Kier alpha value is -1.22. The van der Waals surface area contributed by atoms with Crippen LogP contribution in [0.1, 0.15) is 12.8 Å². The van der Waals surface area contributed by atoms with Gasteiger partial charge in [0.25, 0.3) is 0 Å². The summed E-state index contributed by atoms with van der Waals surface area (Å²) in [7, 11) is 0. The maximum Gasteiger partial charge on any atom is 0.0755 e. The maximum absolute atomic E-state index is 8.40. The zero-order chi connectivity index (χ0) is 9.23. The van der Waals surface area contributed by atoms with Crippen molar-refractivity contribution in [1.82, 2.24) is 0 Å². The van der Waals surface area contributed by atoms with E-state index in [9.17, 15) is 0 Å². The second-order valence-corrected chi connectivity index (χ2v) is 2.28. The minimum atomic E-state index is 0.480. The number of nitrogens with two attached hydrogens (primary N) is 1. The number of hydrogen-bond acceptors (Lipinski definition) is 3. The van der Waals surface area contributed by atoms with Crippen LogP contribution in [0, 0.1) is 0 Å². The van der Waals surface area contributed by atoms with Crippen LogP contribution in [0.5, 0.6) is 0 Å². The molecule has 0 saturated carbocycles. The van der Waals surface area contributed by atoms with Crippen LogP contribution in [0.15, 0.2) is 36.3 Å². The summed E-state index contributed by atoms with van der Waals surface area (Å²) in [6.45, 7) is 0.480.